The molecule has 0 spiro atoms. The van der Waals surface area contributed by atoms with Crippen molar-refractivity contribution in [2.24, 2.45) is 0 Å². The van der Waals surface area contributed by atoms with Gasteiger partial charge in [0.05, 0.1) is 19.4 Å². The van der Waals surface area contributed by atoms with Crippen LogP contribution in [0.4, 0.5) is 17.1 Å². The number of benzene rings is 7. The highest BCUT2D eigenvalue weighted by Crippen LogP contribution is 2.44. The third kappa shape index (κ3) is 4.12. The van der Waals surface area contributed by atoms with Crippen LogP contribution in [0.5, 0.6) is 23.0 Å². The van der Waals surface area contributed by atoms with E-state index in [0.29, 0.717) is 0 Å². The molecule has 0 amide bonds. The highest BCUT2D eigenvalue weighted by atomic mass is 28.3. The molecule has 2 aliphatic heterocycles. The summed E-state index contributed by atoms with van der Waals surface area (Å²) in [7, 11) is -1.89. The van der Waals surface area contributed by atoms with Gasteiger partial charge in [0, 0.05) is 28.7 Å². The lowest BCUT2D eigenvalue weighted by atomic mass is 9.35. The van der Waals surface area contributed by atoms with Gasteiger partial charge in [0.25, 0.3) is 6.71 Å². The molecule has 2 aliphatic rings. The normalized spacial score (nSPS) is 13.0. The number of rotatable bonds is 4. The lowest BCUT2D eigenvalue weighted by Gasteiger charge is -2.36. The molecule has 0 aliphatic carbocycles. The molecular weight excluding hydrogens is 577 g/mol. The summed E-state index contributed by atoms with van der Waals surface area (Å²) in [5.74, 6) is 3.47. The van der Waals surface area contributed by atoms with Crippen LogP contribution in [0.2, 0.25) is 19.6 Å². The van der Waals surface area contributed by atoms with Crippen molar-refractivity contribution < 1.29 is 9.47 Å². The molecule has 2 heterocycles. The maximum absolute atomic E-state index is 6.76. The molecule has 0 N–H and O–H groups in total. The standard InChI is InChI=1S/C41H32BNO2Si/c1-46(2,3)41-31-17-7-5-14-28(31)23-24-35(41)43(34-20-12-15-27-13-4-6-16-30(27)34)29-25-38-40-39(26-29)45-37-22-11-9-19-33(37)42(40)32-18-8-10-21-36(32)44-38/h4-26H,1-3H3. The van der Waals surface area contributed by atoms with Crippen molar-refractivity contribution in [1.29, 1.82) is 0 Å². The van der Waals surface area contributed by atoms with Gasteiger partial charge < -0.3 is 14.4 Å². The molecule has 0 saturated heterocycles. The van der Waals surface area contributed by atoms with Crippen LogP contribution in [-0.2, 0) is 0 Å². The molecule has 3 nitrogen and oxygen atoms in total. The minimum absolute atomic E-state index is 0.0400. The topological polar surface area (TPSA) is 21.7 Å². The number of nitrogens with zero attached hydrogens (tertiary/aromatic N) is 1. The summed E-state index contributed by atoms with van der Waals surface area (Å²) in [5, 5.41) is 6.42. The molecule has 7 aromatic rings. The smallest absolute Gasteiger partial charge is 0.260 e. The molecule has 0 radical (unpaired) electrons. The fraction of sp³-hybridized carbons (Fsp3) is 0.0732. The van der Waals surface area contributed by atoms with Gasteiger partial charge in [-0.3, -0.25) is 0 Å². The second-order valence-corrected chi connectivity index (χ2v) is 18.3. The lowest BCUT2D eigenvalue weighted by Crippen LogP contribution is -2.57. The van der Waals surface area contributed by atoms with Crippen molar-refractivity contribution in [2.75, 3.05) is 4.90 Å². The van der Waals surface area contributed by atoms with Crippen LogP contribution in [0, 0.1) is 0 Å². The first-order valence-electron chi connectivity index (χ1n) is 16.0. The van der Waals surface area contributed by atoms with Gasteiger partial charge in [-0.15, -0.1) is 0 Å². The Morgan fingerprint density at radius 2 is 1.04 bits per heavy atom. The van der Waals surface area contributed by atoms with Crippen LogP contribution >= 0.6 is 0 Å². The van der Waals surface area contributed by atoms with Gasteiger partial charge >= 0.3 is 0 Å². The van der Waals surface area contributed by atoms with Crippen molar-refractivity contribution >= 4 is 75.0 Å². The van der Waals surface area contributed by atoms with Crippen LogP contribution in [-0.4, -0.2) is 14.8 Å². The van der Waals surface area contributed by atoms with Gasteiger partial charge in [0.1, 0.15) is 23.0 Å². The maximum Gasteiger partial charge on any atom is 0.260 e. The Bertz CT molecular complexity index is 2270. The zero-order chi connectivity index (χ0) is 31.0. The Balaban J connectivity index is 1.36. The molecular formula is C41H32BNO2Si. The third-order valence-electron chi connectivity index (χ3n) is 9.44. The Kier molecular flexibility index (Phi) is 5.96. The lowest BCUT2D eigenvalue weighted by molar-refractivity contribution is 0.465. The molecule has 0 bridgehead atoms. The Morgan fingerprint density at radius 1 is 0.500 bits per heavy atom. The quantitative estimate of drug-likeness (QED) is 0.186. The minimum Gasteiger partial charge on any atom is -0.458 e. The number of para-hydroxylation sites is 2. The highest BCUT2D eigenvalue weighted by Gasteiger charge is 2.41. The van der Waals surface area contributed by atoms with Crippen LogP contribution in [0.15, 0.2) is 140 Å². The summed E-state index contributed by atoms with van der Waals surface area (Å²) >= 11 is 0. The van der Waals surface area contributed by atoms with Crippen LogP contribution in [0.3, 0.4) is 0 Å². The molecule has 0 atom stereocenters. The van der Waals surface area contributed by atoms with Crippen LogP contribution in [0.1, 0.15) is 0 Å². The van der Waals surface area contributed by atoms with Crippen molar-refractivity contribution in [1.82, 2.24) is 0 Å². The summed E-state index contributed by atoms with van der Waals surface area (Å²) in [6.07, 6.45) is 0. The van der Waals surface area contributed by atoms with Gasteiger partial charge in [0.2, 0.25) is 0 Å². The molecule has 7 aromatic carbocycles. The summed E-state index contributed by atoms with van der Waals surface area (Å²) in [6, 6.07) is 49.9. The number of ether oxygens (including phenoxy) is 2. The van der Waals surface area contributed by atoms with E-state index in [4.69, 9.17) is 9.47 Å². The van der Waals surface area contributed by atoms with Crippen molar-refractivity contribution in [3.8, 4) is 23.0 Å². The predicted octanol–water partition coefficient (Wildman–Crippen LogP) is 8.74. The van der Waals surface area contributed by atoms with E-state index in [1.165, 1.54) is 43.3 Å². The highest BCUT2D eigenvalue weighted by molar-refractivity contribution is 6.98. The SMILES string of the molecule is C[Si](C)(C)c1c(N(c2cc3c4c(c2)Oc2ccccc2B4c2ccccc2O3)c2cccc3ccccc23)ccc2ccccc12. The first kappa shape index (κ1) is 27.1. The molecule has 0 saturated carbocycles. The van der Waals surface area contributed by atoms with Gasteiger partial charge in [-0.1, -0.05) is 123 Å². The molecule has 0 aromatic heterocycles. The minimum atomic E-state index is -1.89. The number of fused-ring (bicyclic) bond motifs is 6. The first-order valence-corrected chi connectivity index (χ1v) is 19.5. The Labute approximate surface area is 270 Å². The second-order valence-electron chi connectivity index (χ2n) is 13.3. The van der Waals surface area contributed by atoms with E-state index in [1.54, 1.807) is 0 Å². The molecule has 46 heavy (non-hydrogen) atoms. The molecule has 5 heteroatoms. The average molecular weight is 610 g/mol. The zero-order valence-electron chi connectivity index (χ0n) is 26.1. The van der Waals surface area contributed by atoms with E-state index in [1.807, 2.05) is 0 Å². The Hall–Kier alpha value is -5.26. The largest absolute Gasteiger partial charge is 0.458 e. The molecule has 220 valence electrons. The number of hydrogen-bond acceptors (Lipinski definition) is 3. The number of anilines is 3. The zero-order valence-corrected chi connectivity index (χ0v) is 27.1. The van der Waals surface area contributed by atoms with Crippen LogP contribution < -0.4 is 35.9 Å². The summed E-state index contributed by atoms with van der Waals surface area (Å²) < 4.78 is 13.5. The van der Waals surface area contributed by atoms with Gasteiger partial charge in [-0.05, 0) is 56.5 Å². The summed E-state index contributed by atoms with van der Waals surface area (Å²) in [5.41, 5.74) is 6.76. The first-order chi connectivity index (χ1) is 22.5. The Morgan fingerprint density at radius 3 is 1.70 bits per heavy atom. The molecule has 0 unspecified atom stereocenters. The van der Waals surface area contributed by atoms with E-state index in [-0.39, 0.29) is 6.71 Å². The van der Waals surface area contributed by atoms with Crippen LogP contribution in [0.25, 0.3) is 21.5 Å². The van der Waals surface area contributed by atoms with E-state index >= 15 is 0 Å². The third-order valence-corrected chi connectivity index (χ3v) is 11.5. The predicted molar refractivity (Wildman–Crippen MR) is 197 cm³/mol. The fourth-order valence-electron chi connectivity index (χ4n) is 7.55. The van der Waals surface area contributed by atoms with E-state index in [9.17, 15) is 0 Å². The van der Waals surface area contributed by atoms with Crippen molar-refractivity contribution in [3.05, 3.63) is 140 Å². The number of hydrogen-bond donors (Lipinski definition) is 0. The summed E-state index contributed by atoms with van der Waals surface area (Å²) in [4.78, 5) is 2.45. The fourth-order valence-corrected chi connectivity index (χ4v) is 9.55. The van der Waals surface area contributed by atoms with E-state index < -0.39 is 8.07 Å². The van der Waals surface area contributed by atoms with Crippen molar-refractivity contribution in [2.45, 2.75) is 19.6 Å². The van der Waals surface area contributed by atoms with Gasteiger partial charge in [-0.25, -0.2) is 0 Å². The van der Waals surface area contributed by atoms with Crippen molar-refractivity contribution in [3.63, 3.8) is 0 Å². The second kappa shape index (κ2) is 10.1. The monoisotopic (exact) mass is 609 g/mol. The summed E-state index contributed by atoms with van der Waals surface area (Å²) in [6.45, 7) is 7.38. The van der Waals surface area contributed by atoms with E-state index in [2.05, 4.69) is 164 Å². The van der Waals surface area contributed by atoms with Gasteiger partial charge in [-0.2, -0.15) is 0 Å². The van der Waals surface area contributed by atoms with Gasteiger partial charge in [0.15, 0.2) is 0 Å². The molecule has 0 fully saturated rings. The average Bonchev–Trinajstić information content (AvgIpc) is 3.07. The van der Waals surface area contributed by atoms with E-state index in [0.717, 1.165) is 39.8 Å². The molecule has 9 rings (SSSR count). The maximum atomic E-state index is 6.76.